The van der Waals surface area contributed by atoms with E-state index in [1.165, 1.54) is 0 Å². The molecular weight excluding hydrogens is 290 g/mol. The van der Waals surface area contributed by atoms with Crippen LogP contribution in [0.4, 0.5) is 17.1 Å². The minimum Gasteiger partial charge on any atom is -0.399 e. The minimum atomic E-state index is -0.0503. The van der Waals surface area contributed by atoms with E-state index in [9.17, 15) is 4.79 Å². The van der Waals surface area contributed by atoms with Gasteiger partial charge in [-0.15, -0.1) is 0 Å². The van der Waals surface area contributed by atoms with Crippen LogP contribution >= 0.6 is 0 Å². The molecule has 2 aromatic carbocycles. The zero-order valence-corrected chi connectivity index (χ0v) is 13.2. The third kappa shape index (κ3) is 3.29. The molecule has 2 N–H and O–H groups in total. The summed E-state index contributed by atoms with van der Waals surface area (Å²) in [7, 11) is 1.80. The molecule has 0 radical (unpaired) electrons. The van der Waals surface area contributed by atoms with E-state index in [1.54, 1.807) is 36.2 Å². The normalized spacial score (nSPS) is 14.6. The van der Waals surface area contributed by atoms with Crippen LogP contribution in [-0.4, -0.2) is 39.3 Å². The highest BCUT2D eigenvalue weighted by atomic mass is 16.5. The van der Waals surface area contributed by atoms with Crippen molar-refractivity contribution in [2.45, 2.75) is 0 Å². The van der Waals surface area contributed by atoms with Crippen LogP contribution in [0.15, 0.2) is 48.5 Å². The third-order valence-corrected chi connectivity index (χ3v) is 4.06. The van der Waals surface area contributed by atoms with Crippen molar-refractivity contribution in [2.24, 2.45) is 0 Å². The van der Waals surface area contributed by atoms with Gasteiger partial charge in [0.05, 0.1) is 24.6 Å². The largest absolute Gasteiger partial charge is 0.399 e. The zero-order chi connectivity index (χ0) is 16.2. The molecular formula is C18H21N3O2. The third-order valence-electron chi connectivity index (χ3n) is 4.06. The lowest BCUT2D eigenvalue weighted by Crippen LogP contribution is -2.38. The van der Waals surface area contributed by atoms with Gasteiger partial charge in [0.2, 0.25) is 0 Å². The average molecular weight is 311 g/mol. The first-order valence-electron chi connectivity index (χ1n) is 7.72. The zero-order valence-electron chi connectivity index (χ0n) is 13.2. The van der Waals surface area contributed by atoms with Crippen LogP contribution in [-0.2, 0) is 4.74 Å². The SMILES string of the molecule is CN(C(=O)c1ccc(N)cc1)c1ccccc1N1CCOCC1. The Kier molecular flexibility index (Phi) is 4.48. The topological polar surface area (TPSA) is 58.8 Å². The van der Waals surface area contributed by atoms with E-state index >= 15 is 0 Å². The van der Waals surface area contributed by atoms with Crippen LogP contribution in [0.25, 0.3) is 0 Å². The van der Waals surface area contributed by atoms with Crippen molar-refractivity contribution in [1.82, 2.24) is 0 Å². The summed E-state index contributed by atoms with van der Waals surface area (Å²) in [5.74, 6) is -0.0503. The summed E-state index contributed by atoms with van der Waals surface area (Å²) in [6.45, 7) is 3.09. The molecule has 0 atom stereocenters. The first-order chi connectivity index (χ1) is 11.2. The van der Waals surface area contributed by atoms with E-state index in [-0.39, 0.29) is 5.91 Å². The van der Waals surface area contributed by atoms with Crippen LogP contribution in [0.1, 0.15) is 10.4 Å². The van der Waals surface area contributed by atoms with Crippen LogP contribution in [0.5, 0.6) is 0 Å². The lowest BCUT2D eigenvalue weighted by atomic mass is 10.1. The Bertz CT molecular complexity index is 679. The standard InChI is InChI=1S/C18H21N3O2/c1-20(18(22)14-6-8-15(19)9-7-14)16-4-2-3-5-17(16)21-10-12-23-13-11-21/h2-9H,10-13,19H2,1H3. The predicted molar refractivity (Wildman–Crippen MR) is 93.1 cm³/mol. The first kappa shape index (κ1) is 15.4. The Labute approximate surface area is 136 Å². The molecule has 1 aliphatic heterocycles. The second kappa shape index (κ2) is 6.71. The Morgan fingerprint density at radius 3 is 2.43 bits per heavy atom. The number of morpholine rings is 1. The highest BCUT2D eigenvalue weighted by Crippen LogP contribution is 2.30. The molecule has 0 saturated carbocycles. The maximum atomic E-state index is 12.7. The molecule has 1 heterocycles. The first-order valence-corrected chi connectivity index (χ1v) is 7.72. The van der Waals surface area contributed by atoms with Crippen molar-refractivity contribution in [3.63, 3.8) is 0 Å². The summed E-state index contributed by atoms with van der Waals surface area (Å²) in [4.78, 5) is 16.7. The van der Waals surface area contributed by atoms with E-state index in [0.717, 1.165) is 24.5 Å². The van der Waals surface area contributed by atoms with Crippen molar-refractivity contribution < 1.29 is 9.53 Å². The number of hydrogen-bond acceptors (Lipinski definition) is 4. The number of ether oxygens (including phenoxy) is 1. The van der Waals surface area contributed by atoms with Gasteiger partial charge in [-0.05, 0) is 36.4 Å². The molecule has 1 amide bonds. The Balaban J connectivity index is 1.88. The maximum Gasteiger partial charge on any atom is 0.258 e. The number of nitrogens with zero attached hydrogens (tertiary/aromatic N) is 2. The quantitative estimate of drug-likeness (QED) is 0.884. The predicted octanol–water partition coefficient (Wildman–Crippen LogP) is 2.38. The molecule has 5 heteroatoms. The van der Waals surface area contributed by atoms with E-state index in [2.05, 4.69) is 4.90 Å². The Morgan fingerprint density at radius 2 is 1.74 bits per heavy atom. The molecule has 3 rings (SSSR count). The van der Waals surface area contributed by atoms with Crippen molar-refractivity contribution >= 4 is 23.0 Å². The number of anilines is 3. The van der Waals surface area contributed by atoms with Gasteiger partial charge in [0.25, 0.3) is 5.91 Å². The summed E-state index contributed by atoms with van der Waals surface area (Å²) < 4.78 is 5.42. The number of rotatable bonds is 3. The second-order valence-corrected chi connectivity index (χ2v) is 5.57. The number of amides is 1. The fourth-order valence-electron chi connectivity index (χ4n) is 2.75. The van der Waals surface area contributed by atoms with Crippen LogP contribution < -0.4 is 15.5 Å². The monoisotopic (exact) mass is 311 g/mol. The van der Waals surface area contributed by atoms with E-state index in [1.807, 2.05) is 24.3 Å². The molecule has 1 aliphatic rings. The average Bonchev–Trinajstić information content (AvgIpc) is 2.62. The fraction of sp³-hybridized carbons (Fsp3) is 0.278. The lowest BCUT2D eigenvalue weighted by Gasteiger charge is -2.32. The molecule has 0 aromatic heterocycles. The number of nitrogens with two attached hydrogens (primary N) is 1. The number of para-hydroxylation sites is 2. The fourth-order valence-corrected chi connectivity index (χ4v) is 2.75. The molecule has 5 nitrogen and oxygen atoms in total. The van der Waals surface area contributed by atoms with Gasteiger partial charge < -0.3 is 20.3 Å². The molecule has 1 saturated heterocycles. The van der Waals surface area contributed by atoms with Gasteiger partial charge in [0, 0.05) is 31.4 Å². The van der Waals surface area contributed by atoms with Gasteiger partial charge in [-0.2, -0.15) is 0 Å². The van der Waals surface area contributed by atoms with Crippen LogP contribution in [0.2, 0.25) is 0 Å². The molecule has 0 unspecified atom stereocenters. The Hall–Kier alpha value is -2.53. The molecule has 23 heavy (non-hydrogen) atoms. The highest BCUT2D eigenvalue weighted by Gasteiger charge is 2.20. The van der Waals surface area contributed by atoms with Crippen molar-refractivity contribution in [3.05, 3.63) is 54.1 Å². The van der Waals surface area contributed by atoms with Crippen LogP contribution in [0.3, 0.4) is 0 Å². The molecule has 0 bridgehead atoms. The summed E-state index contributed by atoms with van der Waals surface area (Å²) in [6, 6.07) is 15.0. The van der Waals surface area contributed by atoms with Crippen LogP contribution in [0, 0.1) is 0 Å². The lowest BCUT2D eigenvalue weighted by molar-refractivity contribution is 0.0993. The van der Waals surface area contributed by atoms with Gasteiger partial charge in [-0.3, -0.25) is 4.79 Å². The minimum absolute atomic E-state index is 0.0503. The molecule has 1 fully saturated rings. The summed E-state index contributed by atoms with van der Waals surface area (Å²) in [5.41, 5.74) is 8.92. The number of carbonyl (C=O) groups is 1. The van der Waals surface area contributed by atoms with Crippen molar-refractivity contribution in [3.8, 4) is 0 Å². The second-order valence-electron chi connectivity index (χ2n) is 5.57. The molecule has 2 aromatic rings. The summed E-state index contributed by atoms with van der Waals surface area (Å²) in [5, 5.41) is 0. The summed E-state index contributed by atoms with van der Waals surface area (Å²) >= 11 is 0. The number of hydrogen-bond donors (Lipinski definition) is 1. The number of benzene rings is 2. The number of carbonyl (C=O) groups excluding carboxylic acids is 1. The van der Waals surface area contributed by atoms with Crippen molar-refractivity contribution in [2.75, 3.05) is 48.9 Å². The molecule has 0 aliphatic carbocycles. The van der Waals surface area contributed by atoms with Gasteiger partial charge in [0.1, 0.15) is 0 Å². The van der Waals surface area contributed by atoms with Gasteiger partial charge in [-0.25, -0.2) is 0 Å². The molecule has 120 valence electrons. The van der Waals surface area contributed by atoms with Crippen molar-refractivity contribution in [1.29, 1.82) is 0 Å². The smallest absolute Gasteiger partial charge is 0.258 e. The summed E-state index contributed by atoms with van der Waals surface area (Å²) in [6.07, 6.45) is 0. The molecule has 0 spiro atoms. The van der Waals surface area contributed by atoms with Gasteiger partial charge in [0.15, 0.2) is 0 Å². The Morgan fingerprint density at radius 1 is 1.09 bits per heavy atom. The number of nitrogen functional groups attached to an aromatic ring is 1. The van der Waals surface area contributed by atoms with Gasteiger partial charge in [-0.1, -0.05) is 12.1 Å². The van der Waals surface area contributed by atoms with E-state index in [0.29, 0.717) is 24.5 Å². The highest BCUT2D eigenvalue weighted by molar-refractivity contribution is 6.07. The maximum absolute atomic E-state index is 12.7. The van der Waals surface area contributed by atoms with Gasteiger partial charge >= 0.3 is 0 Å². The van der Waals surface area contributed by atoms with E-state index < -0.39 is 0 Å². The van der Waals surface area contributed by atoms with E-state index in [4.69, 9.17) is 10.5 Å².